The summed E-state index contributed by atoms with van der Waals surface area (Å²) < 4.78 is 5.59. The van der Waals surface area contributed by atoms with E-state index in [0.29, 0.717) is 16.9 Å². The number of nitrogens with two attached hydrogens (primary N) is 1. The number of nitro groups is 1. The van der Waals surface area contributed by atoms with Crippen molar-refractivity contribution in [3.8, 4) is 5.75 Å². The number of hydrogen-bond donors (Lipinski definition) is 2. The van der Waals surface area contributed by atoms with Gasteiger partial charge in [0.05, 0.1) is 4.92 Å². The molecule has 0 aliphatic rings. The van der Waals surface area contributed by atoms with Gasteiger partial charge < -0.3 is 4.74 Å². The Bertz CT molecular complexity index is 716. The molecule has 2 aromatic carbocycles. The molecule has 0 aliphatic heterocycles. The van der Waals surface area contributed by atoms with Crippen molar-refractivity contribution in [3.05, 3.63) is 69.3 Å². The van der Waals surface area contributed by atoms with Gasteiger partial charge in [-0.05, 0) is 36.8 Å². The second kappa shape index (κ2) is 6.68. The van der Waals surface area contributed by atoms with Crippen molar-refractivity contribution in [3.63, 3.8) is 0 Å². The first kappa shape index (κ1) is 15.5. The van der Waals surface area contributed by atoms with Crippen molar-refractivity contribution in [1.82, 2.24) is 5.43 Å². The van der Waals surface area contributed by atoms with Gasteiger partial charge in [0, 0.05) is 17.2 Å². The molecule has 0 spiro atoms. The fourth-order valence-electron chi connectivity index (χ4n) is 1.97. The van der Waals surface area contributed by atoms with E-state index < -0.39 is 4.92 Å². The molecule has 0 atom stereocenters. The lowest BCUT2D eigenvalue weighted by Crippen LogP contribution is -2.30. The second-order valence-corrected chi connectivity index (χ2v) is 4.67. The third kappa shape index (κ3) is 3.58. The first-order valence-electron chi connectivity index (χ1n) is 6.49. The normalized spacial score (nSPS) is 10.1. The molecule has 2 aromatic rings. The minimum absolute atomic E-state index is 0.0500. The molecule has 3 N–H and O–H groups in total. The summed E-state index contributed by atoms with van der Waals surface area (Å²) in [5.74, 6) is 5.23. The van der Waals surface area contributed by atoms with E-state index >= 15 is 0 Å². The number of aryl methyl sites for hydroxylation is 1. The van der Waals surface area contributed by atoms with E-state index in [1.54, 1.807) is 37.3 Å². The number of carbonyl (C=O) groups is 1. The van der Waals surface area contributed by atoms with Gasteiger partial charge in [0.1, 0.15) is 12.4 Å². The maximum Gasteiger partial charge on any atom is 0.272 e. The summed E-state index contributed by atoms with van der Waals surface area (Å²) in [5, 5.41) is 10.8. The Hall–Kier alpha value is -2.93. The molecule has 0 radical (unpaired) electrons. The van der Waals surface area contributed by atoms with Crippen LogP contribution in [-0.2, 0) is 6.61 Å². The highest BCUT2D eigenvalue weighted by molar-refractivity contribution is 5.93. The first-order valence-corrected chi connectivity index (χ1v) is 6.49. The van der Waals surface area contributed by atoms with Crippen molar-refractivity contribution < 1.29 is 14.5 Å². The van der Waals surface area contributed by atoms with Gasteiger partial charge in [-0.3, -0.25) is 20.3 Å². The third-order valence-corrected chi connectivity index (χ3v) is 3.09. The Kier molecular flexibility index (Phi) is 4.70. The largest absolute Gasteiger partial charge is 0.489 e. The topological polar surface area (TPSA) is 107 Å². The monoisotopic (exact) mass is 301 g/mol. The molecule has 0 saturated heterocycles. The predicted octanol–water partition coefficient (Wildman–Crippen LogP) is 2.09. The zero-order chi connectivity index (χ0) is 16.1. The molecule has 0 bridgehead atoms. The third-order valence-electron chi connectivity index (χ3n) is 3.09. The lowest BCUT2D eigenvalue weighted by atomic mass is 10.1. The summed E-state index contributed by atoms with van der Waals surface area (Å²) in [6, 6.07) is 11.4. The fraction of sp³-hybridized carbons (Fsp3) is 0.133. The van der Waals surface area contributed by atoms with E-state index in [9.17, 15) is 14.9 Å². The lowest BCUT2D eigenvalue weighted by molar-refractivity contribution is -0.385. The van der Waals surface area contributed by atoms with Crippen LogP contribution in [0.1, 0.15) is 21.5 Å². The zero-order valence-corrected chi connectivity index (χ0v) is 11.9. The van der Waals surface area contributed by atoms with Crippen molar-refractivity contribution >= 4 is 11.6 Å². The number of rotatable bonds is 5. The van der Waals surface area contributed by atoms with Crippen LogP contribution in [0.5, 0.6) is 5.75 Å². The van der Waals surface area contributed by atoms with Crippen molar-refractivity contribution in [2.45, 2.75) is 13.5 Å². The first-order chi connectivity index (χ1) is 10.5. The van der Waals surface area contributed by atoms with Crippen molar-refractivity contribution in [2.24, 2.45) is 5.84 Å². The SMILES string of the molecule is Cc1cc(OCc2cccc(C(=O)NN)c2)ccc1[N+](=O)[O-]. The Balaban J connectivity index is 2.09. The smallest absolute Gasteiger partial charge is 0.272 e. The Morgan fingerprint density at radius 1 is 1.32 bits per heavy atom. The Morgan fingerprint density at radius 2 is 2.09 bits per heavy atom. The lowest BCUT2D eigenvalue weighted by Gasteiger charge is -2.08. The van der Waals surface area contributed by atoms with Gasteiger partial charge in [-0.2, -0.15) is 0 Å². The van der Waals surface area contributed by atoms with Gasteiger partial charge in [0.2, 0.25) is 0 Å². The fourth-order valence-corrected chi connectivity index (χ4v) is 1.97. The number of nitrogens with zero attached hydrogens (tertiary/aromatic N) is 1. The van der Waals surface area contributed by atoms with Crippen molar-refractivity contribution in [2.75, 3.05) is 0 Å². The number of benzene rings is 2. The molecule has 2 rings (SSSR count). The number of nitrogens with one attached hydrogen (secondary N) is 1. The molecule has 114 valence electrons. The van der Waals surface area contributed by atoms with Gasteiger partial charge in [0.15, 0.2) is 0 Å². The Morgan fingerprint density at radius 3 is 2.73 bits per heavy atom. The van der Waals surface area contributed by atoms with E-state index in [0.717, 1.165) is 5.56 Å². The van der Waals surface area contributed by atoms with Crippen LogP contribution >= 0.6 is 0 Å². The number of carbonyl (C=O) groups excluding carboxylic acids is 1. The van der Waals surface area contributed by atoms with Crippen LogP contribution in [0, 0.1) is 17.0 Å². The van der Waals surface area contributed by atoms with Gasteiger partial charge in [-0.25, -0.2) is 5.84 Å². The molecule has 0 fully saturated rings. The molecule has 0 aliphatic carbocycles. The van der Waals surface area contributed by atoms with Gasteiger partial charge in [-0.1, -0.05) is 12.1 Å². The van der Waals surface area contributed by atoms with E-state index in [1.807, 2.05) is 6.07 Å². The summed E-state index contributed by atoms with van der Waals surface area (Å²) in [7, 11) is 0. The minimum atomic E-state index is -0.436. The second-order valence-electron chi connectivity index (χ2n) is 4.67. The molecule has 0 unspecified atom stereocenters. The highest BCUT2D eigenvalue weighted by Crippen LogP contribution is 2.23. The van der Waals surface area contributed by atoms with Crippen LogP contribution in [-0.4, -0.2) is 10.8 Å². The number of hydrazine groups is 1. The molecule has 22 heavy (non-hydrogen) atoms. The molecule has 7 heteroatoms. The number of amides is 1. The molecular weight excluding hydrogens is 286 g/mol. The van der Waals surface area contributed by atoms with E-state index in [4.69, 9.17) is 10.6 Å². The summed E-state index contributed by atoms with van der Waals surface area (Å²) in [6.07, 6.45) is 0. The van der Waals surface area contributed by atoms with Crippen LogP contribution < -0.4 is 16.0 Å². The van der Waals surface area contributed by atoms with E-state index in [1.165, 1.54) is 6.07 Å². The molecule has 0 heterocycles. The molecule has 0 saturated carbocycles. The standard InChI is InChI=1S/C15H15N3O4/c1-10-7-13(5-6-14(10)18(20)21)22-9-11-3-2-4-12(8-11)15(19)17-16/h2-8H,9,16H2,1H3,(H,17,19). The molecule has 1 amide bonds. The molecule has 7 nitrogen and oxygen atoms in total. The summed E-state index contributed by atoms with van der Waals surface area (Å²) in [6.45, 7) is 1.89. The van der Waals surface area contributed by atoms with Crippen LogP contribution in [0.4, 0.5) is 5.69 Å². The van der Waals surface area contributed by atoms with E-state index in [2.05, 4.69) is 5.43 Å². The average Bonchev–Trinajstić information content (AvgIpc) is 2.52. The maximum absolute atomic E-state index is 11.4. The number of hydrogen-bond acceptors (Lipinski definition) is 5. The Labute approximate surface area is 126 Å². The molecule has 0 aromatic heterocycles. The highest BCUT2D eigenvalue weighted by atomic mass is 16.6. The highest BCUT2D eigenvalue weighted by Gasteiger charge is 2.11. The summed E-state index contributed by atoms with van der Waals surface area (Å²) >= 11 is 0. The maximum atomic E-state index is 11.4. The molecular formula is C15H15N3O4. The number of ether oxygens (including phenoxy) is 1. The van der Waals surface area contributed by atoms with Crippen molar-refractivity contribution in [1.29, 1.82) is 0 Å². The number of nitrogen functional groups attached to an aromatic ring is 1. The quantitative estimate of drug-likeness (QED) is 0.380. The minimum Gasteiger partial charge on any atom is -0.489 e. The average molecular weight is 301 g/mol. The van der Waals surface area contributed by atoms with Crippen LogP contribution in [0.3, 0.4) is 0 Å². The number of nitro benzene ring substituents is 1. The van der Waals surface area contributed by atoms with Crippen LogP contribution in [0.2, 0.25) is 0 Å². The summed E-state index contributed by atoms with van der Waals surface area (Å²) in [4.78, 5) is 21.8. The van der Waals surface area contributed by atoms with Crippen LogP contribution in [0.15, 0.2) is 42.5 Å². The predicted molar refractivity (Wildman–Crippen MR) is 80.3 cm³/mol. The van der Waals surface area contributed by atoms with E-state index in [-0.39, 0.29) is 18.2 Å². The van der Waals surface area contributed by atoms with Gasteiger partial charge in [0.25, 0.3) is 11.6 Å². The zero-order valence-electron chi connectivity index (χ0n) is 11.9. The van der Waals surface area contributed by atoms with Gasteiger partial charge in [-0.15, -0.1) is 0 Å². The van der Waals surface area contributed by atoms with Gasteiger partial charge >= 0.3 is 0 Å². The summed E-state index contributed by atoms with van der Waals surface area (Å²) in [5.41, 5.74) is 3.86. The van der Waals surface area contributed by atoms with Crippen LogP contribution in [0.25, 0.3) is 0 Å².